The smallest absolute Gasteiger partial charge is 0.343 e. The Hall–Kier alpha value is -4.46. The van der Waals surface area contributed by atoms with Crippen LogP contribution in [0.5, 0.6) is 11.5 Å². The van der Waals surface area contributed by atoms with E-state index in [1.165, 1.54) is 24.3 Å². The zero-order chi connectivity index (χ0) is 30.0. The van der Waals surface area contributed by atoms with Gasteiger partial charge in [-0.25, -0.2) is 9.59 Å². The van der Waals surface area contributed by atoms with E-state index in [4.69, 9.17) is 19.3 Å². The summed E-state index contributed by atoms with van der Waals surface area (Å²) < 4.78 is 16.8. The second-order valence-corrected chi connectivity index (χ2v) is 11.7. The van der Waals surface area contributed by atoms with Gasteiger partial charge >= 0.3 is 23.9 Å². The van der Waals surface area contributed by atoms with E-state index in [9.17, 15) is 19.2 Å². The number of carbonyl (C=O) groups is 4. The first-order valence-electron chi connectivity index (χ1n) is 14.3. The van der Waals surface area contributed by atoms with Gasteiger partial charge in [-0.15, -0.1) is 0 Å². The molecular formula is C34H34O8. The fraction of sp³-hybridized carbons (Fsp3) is 0.353. The molecule has 5 rings (SSSR count). The Morgan fingerprint density at radius 3 is 2.05 bits per heavy atom. The predicted molar refractivity (Wildman–Crippen MR) is 155 cm³/mol. The molecule has 1 N–H and O–H groups in total. The molecule has 218 valence electrons. The molecule has 0 amide bonds. The van der Waals surface area contributed by atoms with E-state index in [0.717, 1.165) is 54.4 Å². The van der Waals surface area contributed by atoms with Crippen LogP contribution < -0.4 is 9.47 Å². The molecule has 0 spiro atoms. The van der Waals surface area contributed by atoms with Crippen LogP contribution in [-0.4, -0.2) is 35.1 Å². The molecule has 3 aromatic rings. The van der Waals surface area contributed by atoms with Crippen molar-refractivity contribution >= 4 is 23.9 Å². The van der Waals surface area contributed by atoms with Crippen LogP contribution in [0.4, 0.5) is 0 Å². The number of benzene rings is 3. The van der Waals surface area contributed by atoms with E-state index >= 15 is 0 Å². The summed E-state index contributed by atoms with van der Waals surface area (Å²) >= 11 is 0. The van der Waals surface area contributed by atoms with Crippen molar-refractivity contribution in [2.75, 3.05) is 0 Å². The van der Waals surface area contributed by atoms with Crippen molar-refractivity contribution in [3.8, 4) is 22.6 Å². The maximum Gasteiger partial charge on any atom is 0.343 e. The molecule has 1 saturated carbocycles. The molecule has 2 aliphatic carbocycles. The highest BCUT2D eigenvalue weighted by molar-refractivity contribution is 5.94. The fourth-order valence-corrected chi connectivity index (χ4v) is 5.59. The SMILES string of the molecule is CC1c2cc(OC(=O)C(C)(C)CC(=O)OC3CCCCC3)ccc2-c2ccc(C(=O)Oc3ccc(C(=O)O)cc3)cc21. The van der Waals surface area contributed by atoms with Crippen molar-refractivity contribution in [2.24, 2.45) is 5.41 Å². The van der Waals surface area contributed by atoms with Gasteiger partial charge in [0.25, 0.3) is 0 Å². The number of aromatic carboxylic acids is 1. The molecule has 3 aromatic carbocycles. The second kappa shape index (κ2) is 11.8. The number of rotatable bonds is 8. The van der Waals surface area contributed by atoms with Crippen LogP contribution in [0.2, 0.25) is 0 Å². The van der Waals surface area contributed by atoms with Crippen molar-refractivity contribution in [2.45, 2.75) is 71.3 Å². The lowest BCUT2D eigenvalue weighted by atomic mass is 9.89. The molecule has 1 atom stereocenters. The minimum atomic E-state index is -1.06. The highest BCUT2D eigenvalue weighted by Crippen LogP contribution is 2.46. The summed E-state index contributed by atoms with van der Waals surface area (Å²) in [5.74, 6) is -1.94. The van der Waals surface area contributed by atoms with Crippen molar-refractivity contribution in [3.05, 3.63) is 82.9 Å². The Morgan fingerprint density at radius 2 is 1.38 bits per heavy atom. The van der Waals surface area contributed by atoms with Gasteiger partial charge in [0.05, 0.1) is 23.0 Å². The topological polar surface area (TPSA) is 116 Å². The average molecular weight is 571 g/mol. The number of hydrogen-bond donors (Lipinski definition) is 1. The van der Waals surface area contributed by atoms with Gasteiger partial charge in [0, 0.05) is 5.92 Å². The standard InChI is InChI=1S/C34H34O8/c1-20-28-17-22(32(38)41-24-12-9-21(10-13-24)31(36)37)11-15-26(28)27-16-14-25(18-29(20)27)42-33(39)34(2,3)19-30(35)40-23-7-5-4-6-8-23/h9-18,20,23H,4-8,19H2,1-3H3,(H,36,37). The van der Waals surface area contributed by atoms with E-state index in [-0.39, 0.29) is 35.7 Å². The number of hydrogen-bond acceptors (Lipinski definition) is 7. The summed E-state index contributed by atoms with van der Waals surface area (Å²) in [5.41, 5.74) is 3.27. The minimum absolute atomic E-state index is 0.0578. The molecule has 8 nitrogen and oxygen atoms in total. The van der Waals surface area contributed by atoms with Gasteiger partial charge in [-0.3, -0.25) is 9.59 Å². The zero-order valence-corrected chi connectivity index (χ0v) is 24.0. The summed E-state index contributed by atoms with van der Waals surface area (Å²) in [4.78, 5) is 49.5. The van der Waals surface area contributed by atoms with Gasteiger partial charge in [-0.1, -0.05) is 25.5 Å². The van der Waals surface area contributed by atoms with Crippen molar-refractivity contribution < 1.29 is 38.5 Å². The quantitative estimate of drug-likeness (QED) is 0.229. The van der Waals surface area contributed by atoms with Crippen molar-refractivity contribution in [1.82, 2.24) is 0 Å². The zero-order valence-electron chi connectivity index (χ0n) is 24.0. The van der Waals surface area contributed by atoms with Gasteiger partial charge in [0.1, 0.15) is 17.6 Å². The molecule has 0 radical (unpaired) electrons. The first-order valence-corrected chi connectivity index (χ1v) is 14.3. The summed E-state index contributed by atoms with van der Waals surface area (Å²) in [6.07, 6.45) is 4.90. The third-order valence-corrected chi connectivity index (χ3v) is 8.05. The van der Waals surface area contributed by atoms with Crippen LogP contribution >= 0.6 is 0 Å². The number of carboxylic acids is 1. The summed E-state index contributed by atoms with van der Waals surface area (Å²) in [7, 11) is 0. The summed E-state index contributed by atoms with van der Waals surface area (Å²) in [5, 5.41) is 9.05. The third kappa shape index (κ3) is 6.22. The minimum Gasteiger partial charge on any atom is -0.478 e. The van der Waals surface area contributed by atoms with Gasteiger partial charge < -0.3 is 19.3 Å². The fourth-order valence-electron chi connectivity index (χ4n) is 5.59. The third-order valence-electron chi connectivity index (χ3n) is 8.05. The number of fused-ring (bicyclic) bond motifs is 3. The lowest BCUT2D eigenvalue weighted by Gasteiger charge is -2.25. The largest absolute Gasteiger partial charge is 0.478 e. The molecule has 0 heterocycles. The molecule has 2 aliphatic rings. The Morgan fingerprint density at radius 1 is 0.786 bits per heavy atom. The Labute approximate surface area is 244 Å². The summed E-state index contributed by atoms with van der Waals surface area (Å²) in [6.45, 7) is 5.38. The van der Waals surface area contributed by atoms with E-state index in [1.54, 1.807) is 32.0 Å². The van der Waals surface area contributed by atoms with Gasteiger partial charge in [-0.05, 0) is 110 Å². The average Bonchev–Trinajstić information content (AvgIpc) is 3.24. The highest BCUT2D eigenvalue weighted by Gasteiger charge is 2.35. The van der Waals surface area contributed by atoms with Crippen LogP contribution in [0.1, 0.15) is 97.1 Å². The lowest BCUT2D eigenvalue weighted by molar-refractivity contribution is -0.159. The molecule has 0 bridgehead atoms. The van der Waals surface area contributed by atoms with Crippen LogP contribution in [-0.2, 0) is 14.3 Å². The van der Waals surface area contributed by atoms with E-state index in [2.05, 4.69) is 0 Å². The number of esters is 3. The van der Waals surface area contributed by atoms with Gasteiger partial charge in [0.2, 0.25) is 0 Å². The molecule has 8 heteroatoms. The lowest BCUT2D eigenvalue weighted by Crippen LogP contribution is -2.33. The number of carboxylic acid groups (broad SMARTS) is 1. The van der Waals surface area contributed by atoms with Crippen LogP contribution in [0.25, 0.3) is 11.1 Å². The second-order valence-electron chi connectivity index (χ2n) is 11.7. The highest BCUT2D eigenvalue weighted by atomic mass is 16.6. The number of ether oxygens (including phenoxy) is 3. The maximum absolute atomic E-state index is 13.1. The van der Waals surface area contributed by atoms with Crippen molar-refractivity contribution in [3.63, 3.8) is 0 Å². The normalized spacial score (nSPS) is 16.2. The monoisotopic (exact) mass is 570 g/mol. The first-order chi connectivity index (χ1) is 20.0. The molecule has 0 aliphatic heterocycles. The predicted octanol–water partition coefficient (Wildman–Crippen LogP) is 6.93. The van der Waals surface area contributed by atoms with Gasteiger partial charge in [-0.2, -0.15) is 0 Å². The van der Waals surface area contributed by atoms with Crippen LogP contribution in [0, 0.1) is 5.41 Å². The maximum atomic E-state index is 13.1. The Kier molecular flexibility index (Phi) is 8.16. The van der Waals surface area contributed by atoms with E-state index in [0.29, 0.717) is 11.3 Å². The molecular weight excluding hydrogens is 536 g/mol. The van der Waals surface area contributed by atoms with Crippen LogP contribution in [0.15, 0.2) is 60.7 Å². The first kappa shape index (κ1) is 29.0. The van der Waals surface area contributed by atoms with Crippen LogP contribution in [0.3, 0.4) is 0 Å². The Bertz CT molecular complexity index is 1530. The molecule has 0 aromatic heterocycles. The molecule has 0 saturated heterocycles. The van der Waals surface area contributed by atoms with Gasteiger partial charge in [0.15, 0.2) is 0 Å². The van der Waals surface area contributed by atoms with E-state index in [1.807, 2.05) is 25.1 Å². The molecule has 42 heavy (non-hydrogen) atoms. The Balaban J connectivity index is 1.24. The molecule has 1 unspecified atom stereocenters. The van der Waals surface area contributed by atoms with E-state index < -0.39 is 23.3 Å². The summed E-state index contributed by atoms with van der Waals surface area (Å²) in [6, 6.07) is 16.4. The molecule has 1 fully saturated rings. The van der Waals surface area contributed by atoms with Crippen molar-refractivity contribution in [1.29, 1.82) is 0 Å². The number of carbonyl (C=O) groups excluding carboxylic acids is 3.